The van der Waals surface area contributed by atoms with Gasteiger partial charge in [0.2, 0.25) is 0 Å². The number of ketones is 1. The Kier molecular flexibility index (Phi) is 4.67. The van der Waals surface area contributed by atoms with Crippen molar-refractivity contribution in [2.24, 2.45) is 11.3 Å². The molecule has 5 heteroatoms. The predicted molar refractivity (Wildman–Crippen MR) is 107 cm³/mol. The topological polar surface area (TPSA) is 67.4 Å². The van der Waals surface area contributed by atoms with Gasteiger partial charge in [0.15, 0.2) is 5.78 Å². The zero-order valence-corrected chi connectivity index (χ0v) is 16.1. The summed E-state index contributed by atoms with van der Waals surface area (Å²) in [5.41, 5.74) is 3.42. The first-order valence-corrected chi connectivity index (χ1v) is 9.64. The number of benzene rings is 1. The van der Waals surface area contributed by atoms with E-state index in [0.717, 1.165) is 16.8 Å². The lowest BCUT2D eigenvalue weighted by molar-refractivity contribution is -0.139. The summed E-state index contributed by atoms with van der Waals surface area (Å²) in [5.74, 6) is -0.669. The molecule has 144 valence electrons. The molecule has 4 rings (SSSR count). The summed E-state index contributed by atoms with van der Waals surface area (Å²) in [7, 11) is 0. The Morgan fingerprint density at radius 1 is 1.29 bits per heavy atom. The molecule has 1 saturated heterocycles. The van der Waals surface area contributed by atoms with Gasteiger partial charge in [-0.25, -0.2) is 4.79 Å². The second-order valence-electron chi connectivity index (χ2n) is 7.29. The van der Waals surface area contributed by atoms with Crippen LogP contribution in [0.1, 0.15) is 22.8 Å². The van der Waals surface area contributed by atoms with Gasteiger partial charge in [0.1, 0.15) is 5.70 Å². The quantitative estimate of drug-likeness (QED) is 0.625. The third kappa shape index (κ3) is 2.87. The SMILES string of the molecule is CCOC(=O)C1=CC23C(=CCN1)C=CC=C2NCC3C(=O)c1cccc(C)c1. The molecule has 0 radical (unpaired) electrons. The molecule has 0 aromatic heterocycles. The summed E-state index contributed by atoms with van der Waals surface area (Å²) in [6.45, 7) is 5.09. The average Bonchev–Trinajstić information content (AvgIpc) is 2.94. The van der Waals surface area contributed by atoms with E-state index >= 15 is 0 Å². The number of ether oxygens (including phenoxy) is 1. The van der Waals surface area contributed by atoms with Crippen LogP contribution in [0.25, 0.3) is 0 Å². The molecule has 1 aliphatic carbocycles. The summed E-state index contributed by atoms with van der Waals surface area (Å²) >= 11 is 0. The lowest BCUT2D eigenvalue weighted by Crippen LogP contribution is -2.36. The molecule has 28 heavy (non-hydrogen) atoms. The van der Waals surface area contributed by atoms with E-state index < -0.39 is 11.4 Å². The number of rotatable bonds is 4. The number of hydrogen-bond acceptors (Lipinski definition) is 5. The maximum atomic E-state index is 13.5. The molecule has 2 unspecified atom stereocenters. The summed E-state index contributed by atoms with van der Waals surface area (Å²) in [4.78, 5) is 26.0. The third-order valence-electron chi connectivity index (χ3n) is 5.61. The highest BCUT2D eigenvalue weighted by atomic mass is 16.5. The third-order valence-corrected chi connectivity index (χ3v) is 5.61. The molecule has 0 bridgehead atoms. The molecule has 2 heterocycles. The number of Topliss-reactive ketones (excluding diaryl/α,β-unsaturated/α-hetero) is 1. The van der Waals surface area contributed by atoms with Gasteiger partial charge in [-0.3, -0.25) is 4.79 Å². The molecule has 1 aromatic rings. The van der Waals surface area contributed by atoms with Crippen LogP contribution in [0, 0.1) is 18.3 Å². The van der Waals surface area contributed by atoms with E-state index in [0.29, 0.717) is 31.0 Å². The van der Waals surface area contributed by atoms with Gasteiger partial charge in [-0.1, -0.05) is 42.0 Å². The first-order valence-electron chi connectivity index (χ1n) is 9.64. The van der Waals surface area contributed by atoms with Crippen LogP contribution in [0.2, 0.25) is 0 Å². The minimum Gasteiger partial charge on any atom is -0.461 e. The number of esters is 1. The Balaban J connectivity index is 1.83. The predicted octanol–water partition coefficient (Wildman–Crippen LogP) is 2.81. The summed E-state index contributed by atoms with van der Waals surface area (Å²) in [6, 6.07) is 7.68. The van der Waals surface area contributed by atoms with Crippen LogP contribution in [0.15, 0.2) is 71.6 Å². The lowest BCUT2D eigenvalue weighted by atomic mass is 9.65. The minimum atomic E-state index is -0.693. The molecule has 1 aromatic carbocycles. The van der Waals surface area contributed by atoms with Crippen LogP contribution >= 0.6 is 0 Å². The maximum Gasteiger partial charge on any atom is 0.354 e. The molecule has 1 spiro atoms. The smallest absolute Gasteiger partial charge is 0.354 e. The summed E-state index contributed by atoms with van der Waals surface area (Å²) < 4.78 is 5.22. The number of nitrogens with one attached hydrogen (secondary N) is 2. The first kappa shape index (κ1) is 18.3. The van der Waals surface area contributed by atoms with Crippen molar-refractivity contribution < 1.29 is 14.3 Å². The van der Waals surface area contributed by atoms with Crippen molar-refractivity contribution in [1.29, 1.82) is 0 Å². The molecule has 3 aliphatic rings. The van der Waals surface area contributed by atoms with Crippen molar-refractivity contribution in [1.82, 2.24) is 10.6 Å². The number of hydrogen-bond donors (Lipinski definition) is 2. The van der Waals surface area contributed by atoms with E-state index in [1.807, 2.05) is 55.5 Å². The molecule has 2 aliphatic heterocycles. The van der Waals surface area contributed by atoms with Crippen molar-refractivity contribution in [2.45, 2.75) is 13.8 Å². The second kappa shape index (κ2) is 7.15. The minimum absolute atomic E-state index is 0.0714. The van der Waals surface area contributed by atoms with E-state index in [1.165, 1.54) is 0 Å². The zero-order chi connectivity index (χ0) is 19.7. The van der Waals surface area contributed by atoms with Gasteiger partial charge in [-0.05, 0) is 37.6 Å². The highest BCUT2D eigenvalue weighted by Crippen LogP contribution is 2.51. The van der Waals surface area contributed by atoms with Gasteiger partial charge in [0.25, 0.3) is 0 Å². The molecule has 0 amide bonds. The average molecular weight is 376 g/mol. The van der Waals surface area contributed by atoms with E-state index in [4.69, 9.17) is 4.74 Å². The van der Waals surface area contributed by atoms with Gasteiger partial charge in [-0.2, -0.15) is 0 Å². The highest BCUT2D eigenvalue weighted by Gasteiger charge is 2.52. The van der Waals surface area contributed by atoms with Crippen molar-refractivity contribution >= 4 is 11.8 Å². The van der Waals surface area contributed by atoms with Crippen LogP contribution in [-0.2, 0) is 9.53 Å². The molecule has 1 fully saturated rings. The first-order chi connectivity index (χ1) is 13.6. The normalized spacial score (nSPS) is 25.1. The molecular formula is C23H24N2O3. The Labute approximate surface area is 164 Å². The van der Waals surface area contributed by atoms with Gasteiger partial charge >= 0.3 is 5.97 Å². The van der Waals surface area contributed by atoms with E-state index in [2.05, 4.69) is 16.7 Å². The Bertz CT molecular complexity index is 954. The Morgan fingerprint density at radius 2 is 2.14 bits per heavy atom. The molecule has 2 N–H and O–H groups in total. The fraction of sp³-hybridized carbons (Fsp3) is 0.304. The highest BCUT2D eigenvalue weighted by molar-refractivity contribution is 6.00. The van der Waals surface area contributed by atoms with Crippen LogP contribution in [0.4, 0.5) is 0 Å². The molecular weight excluding hydrogens is 352 g/mol. The van der Waals surface area contributed by atoms with E-state index in [9.17, 15) is 9.59 Å². The molecule has 0 saturated carbocycles. The number of carbonyl (C=O) groups is 2. The van der Waals surface area contributed by atoms with Crippen molar-refractivity contribution in [3.8, 4) is 0 Å². The number of aryl methyl sites for hydroxylation is 1. The van der Waals surface area contributed by atoms with Crippen molar-refractivity contribution in [3.63, 3.8) is 0 Å². The lowest BCUT2D eigenvalue weighted by Gasteiger charge is -2.35. The monoisotopic (exact) mass is 376 g/mol. The summed E-state index contributed by atoms with van der Waals surface area (Å²) in [5, 5.41) is 6.56. The second-order valence-corrected chi connectivity index (χ2v) is 7.29. The molecule has 5 nitrogen and oxygen atoms in total. The van der Waals surface area contributed by atoms with Crippen LogP contribution in [0.3, 0.4) is 0 Å². The standard InChI is InChI=1S/C23H24N2O3/c1-3-28-22(27)19-13-23-17(10-11-24-19)8-5-9-20(23)25-14-18(23)21(26)16-7-4-6-15(2)12-16/h4-10,12-13,18,24-25H,3,11,14H2,1-2H3. The van der Waals surface area contributed by atoms with Crippen LogP contribution < -0.4 is 10.6 Å². The van der Waals surface area contributed by atoms with Crippen LogP contribution in [-0.4, -0.2) is 31.4 Å². The van der Waals surface area contributed by atoms with E-state index in [1.54, 1.807) is 6.92 Å². The van der Waals surface area contributed by atoms with Crippen LogP contribution in [0.5, 0.6) is 0 Å². The maximum absolute atomic E-state index is 13.5. The van der Waals surface area contributed by atoms with Gasteiger partial charge in [-0.15, -0.1) is 0 Å². The van der Waals surface area contributed by atoms with Crippen molar-refractivity contribution in [3.05, 3.63) is 82.7 Å². The number of allylic oxidation sites excluding steroid dienone is 4. The zero-order valence-electron chi connectivity index (χ0n) is 16.1. The largest absolute Gasteiger partial charge is 0.461 e. The molecule has 2 atom stereocenters. The summed E-state index contributed by atoms with van der Waals surface area (Å²) in [6.07, 6.45) is 9.94. The van der Waals surface area contributed by atoms with Gasteiger partial charge < -0.3 is 15.4 Å². The van der Waals surface area contributed by atoms with Gasteiger partial charge in [0.05, 0.1) is 17.9 Å². The van der Waals surface area contributed by atoms with Crippen molar-refractivity contribution in [2.75, 3.05) is 19.7 Å². The fourth-order valence-electron chi connectivity index (χ4n) is 4.33. The Morgan fingerprint density at radius 3 is 2.93 bits per heavy atom. The van der Waals surface area contributed by atoms with E-state index in [-0.39, 0.29) is 11.7 Å². The fourth-order valence-corrected chi connectivity index (χ4v) is 4.33. The number of carbonyl (C=O) groups excluding carboxylic acids is 2. The van der Waals surface area contributed by atoms with Gasteiger partial charge in [0, 0.05) is 24.4 Å². The Hall–Kier alpha value is -3.08.